The summed E-state index contributed by atoms with van der Waals surface area (Å²) in [6.45, 7) is 13.7. The molecular weight excluding hydrogens is 408 g/mol. The first-order valence-corrected chi connectivity index (χ1v) is 12.9. The van der Waals surface area contributed by atoms with Crippen molar-refractivity contribution < 1.29 is 14.1 Å². The Hall–Kier alpha value is -1.11. The van der Waals surface area contributed by atoms with Crippen LogP contribution in [-0.2, 0) is 27.3 Å². The lowest BCUT2D eigenvalue weighted by molar-refractivity contribution is -0.155. The molecule has 1 unspecified atom stereocenters. The molecule has 0 saturated heterocycles. The number of esters is 1. The molecule has 0 bridgehead atoms. The largest absolute Gasteiger partial charge is 0.598 e. The van der Waals surface area contributed by atoms with Crippen LogP contribution in [-0.4, -0.2) is 25.9 Å². The van der Waals surface area contributed by atoms with Crippen molar-refractivity contribution in [1.29, 1.82) is 0 Å². The van der Waals surface area contributed by atoms with E-state index in [9.17, 15) is 9.35 Å². The second-order valence-corrected chi connectivity index (χ2v) is 12.9. The maximum Gasteiger partial charge on any atom is 0.306 e. The van der Waals surface area contributed by atoms with Crippen LogP contribution in [0.2, 0.25) is 0 Å². The van der Waals surface area contributed by atoms with Gasteiger partial charge in [0.05, 0.1) is 6.04 Å². The zero-order valence-corrected chi connectivity index (χ0v) is 21.4. The second kappa shape index (κ2) is 11.2. The van der Waals surface area contributed by atoms with E-state index in [1.807, 2.05) is 48.5 Å². The third-order valence-corrected chi connectivity index (χ3v) is 7.26. The summed E-state index contributed by atoms with van der Waals surface area (Å²) in [6.07, 6.45) is 7.47. The van der Waals surface area contributed by atoms with E-state index in [0.717, 1.165) is 56.3 Å². The lowest BCUT2D eigenvalue weighted by Crippen LogP contribution is -2.41. The molecule has 5 nitrogen and oxygen atoms in total. The number of aromatic nitrogens is 1. The van der Waals surface area contributed by atoms with Crippen LogP contribution in [0.5, 0.6) is 0 Å². The van der Waals surface area contributed by atoms with Gasteiger partial charge in [-0.3, -0.25) is 9.78 Å². The number of fused-ring (bicyclic) bond motifs is 1. The zero-order valence-electron chi connectivity index (χ0n) is 20.5. The summed E-state index contributed by atoms with van der Waals surface area (Å²) in [5.41, 5.74) is 2.90. The molecule has 1 aliphatic carbocycles. The molecule has 1 aromatic rings. The van der Waals surface area contributed by atoms with Crippen molar-refractivity contribution in [2.75, 3.05) is 0 Å². The van der Waals surface area contributed by atoms with Crippen LogP contribution >= 0.6 is 0 Å². The Morgan fingerprint density at radius 3 is 2.52 bits per heavy atom. The van der Waals surface area contributed by atoms with Crippen LogP contribution in [0, 0.1) is 12.8 Å². The molecule has 1 heterocycles. The van der Waals surface area contributed by atoms with Crippen molar-refractivity contribution in [3.8, 4) is 0 Å². The molecule has 0 saturated carbocycles. The number of pyridine rings is 1. The molecule has 3 atom stereocenters. The van der Waals surface area contributed by atoms with Gasteiger partial charge in [0.1, 0.15) is 10.3 Å². The molecule has 0 spiro atoms. The average Bonchev–Trinajstić information content (AvgIpc) is 2.63. The van der Waals surface area contributed by atoms with E-state index in [2.05, 4.69) is 16.9 Å². The van der Waals surface area contributed by atoms with Crippen molar-refractivity contribution in [1.82, 2.24) is 9.71 Å². The fourth-order valence-corrected chi connectivity index (χ4v) is 4.85. The van der Waals surface area contributed by atoms with Gasteiger partial charge in [-0.2, -0.15) is 0 Å². The third-order valence-electron chi connectivity index (χ3n) is 5.65. The van der Waals surface area contributed by atoms with Crippen molar-refractivity contribution in [3.63, 3.8) is 0 Å². The molecule has 1 aromatic heterocycles. The quantitative estimate of drug-likeness (QED) is 0.458. The number of nitrogens with one attached hydrogen (secondary N) is 1. The van der Waals surface area contributed by atoms with Gasteiger partial charge in [-0.05, 0) is 98.1 Å². The number of hydrogen-bond acceptors (Lipinski definition) is 5. The SMILES string of the molecule is Cc1ccc2c(n1)CCCCC(CCC(=O)OC(C)(C)C)CC[C@@H]2N[S@+]([O-])C(C)(C)C. The van der Waals surface area contributed by atoms with Gasteiger partial charge in [0.25, 0.3) is 0 Å². The minimum absolute atomic E-state index is 0.00489. The molecule has 0 aliphatic heterocycles. The Balaban J connectivity index is 2.14. The molecular formula is C25H42N2O3S. The first-order valence-electron chi connectivity index (χ1n) is 11.7. The zero-order chi connectivity index (χ0) is 23.2. The van der Waals surface area contributed by atoms with Gasteiger partial charge in [0, 0.05) is 29.2 Å². The number of carbonyl (C=O) groups is 1. The van der Waals surface area contributed by atoms with Crippen molar-refractivity contribution in [2.45, 2.75) is 116 Å². The minimum Gasteiger partial charge on any atom is -0.598 e. The summed E-state index contributed by atoms with van der Waals surface area (Å²) in [7, 11) is 0. The standard InChI is InChI=1S/C25H42N2O3S/c1-18-12-15-20-21(26-18)11-9-8-10-19(14-17-23(28)30-24(2,3)4)13-16-22(20)27-31(29)25(5,6)7/h12,15,19,22,27H,8-11,13-14,16-17H2,1-7H3/t19?,22-,31+/m0/s1. The van der Waals surface area contributed by atoms with E-state index in [1.54, 1.807) is 0 Å². The van der Waals surface area contributed by atoms with Gasteiger partial charge in [-0.25, -0.2) is 0 Å². The van der Waals surface area contributed by atoms with Crippen LogP contribution in [0.1, 0.15) is 109 Å². The first-order chi connectivity index (χ1) is 14.3. The Morgan fingerprint density at radius 2 is 1.87 bits per heavy atom. The summed E-state index contributed by atoms with van der Waals surface area (Å²) in [4.78, 5) is 17.0. The molecule has 1 aliphatic rings. The third kappa shape index (κ3) is 9.11. The van der Waals surface area contributed by atoms with Crippen molar-refractivity contribution in [3.05, 3.63) is 29.1 Å². The lowest BCUT2D eigenvalue weighted by atomic mass is 9.86. The minimum atomic E-state index is -1.16. The number of nitrogens with zero attached hydrogens (tertiary/aromatic N) is 1. The van der Waals surface area contributed by atoms with E-state index in [4.69, 9.17) is 9.72 Å². The first kappa shape index (κ1) is 26.1. The Morgan fingerprint density at radius 1 is 1.16 bits per heavy atom. The van der Waals surface area contributed by atoms with Crippen LogP contribution < -0.4 is 4.72 Å². The summed E-state index contributed by atoms with van der Waals surface area (Å²) in [5, 5.41) is 0. The Labute approximate surface area is 192 Å². The highest BCUT2D eigenvalue weighted by Crippen LogP contribution is 2.32. The predicted octanol–water partition coefficient (Wildman–Crippen LogP) is 5.73. The number of ether oxygens (including phenoxy) is 1. The van der Waals surface area contributed by atoms with Gasteiger partial charge >= 0.3 is 5.97 Å². The molecule has 176 valence electrons. The molecule has 1 N–H and O–H groups in total. The summed E-state index contributed by atoms with van der Waals surface area (Å²) in [6, 6.07) is 4.22. The van der Waals surface area contributed by atoms with E-state index >= 15 is 0 Å². The maximum absolute atomic E-state index is 12.9. The topological polar surface area (TPSA) is 74.3 Å². The van der Waals surface area contributed by atoms with Gasteiger partial charge < -0.3 is 9.29 Å². The normalized spacial score (nSPS) is 21.8. The van der Waals surface area contributed by atoms with Crippen LogP contribution in [0.3, 0.4) is 0 Å². The second-order valence-electron chi connectivity index (χ2n) is 10.9. The van der Waals surface area contributed by atoms with E-state index in [0.29, 0.717) is 12.3 Å². The van der Waals surface area contributed by atoms with Crippen molar-refractivity contribution in [2.24, 2.45) is 5.92 Å². The number of rotatable bonds is 5. The maximum atomic E-state index is 12.9. The highest BCUT2D eigenvalue weighted by molar-refractivity contribution is 7.90. The van der Waals surface area contributed by atoms with Gasteiger partial charge in [-0.15, -0.1) is 4.72 Å². The average molecular weight is 451 g/mol. The van der Waals surface area contributed by atoms with Gasteiger partial charge in [0.15, 0.2) is 0 Å². The highest BCUT2D eigenvalue weighted by atomic mass is 32.2. The molecule has 0 radical (unpaired) electrons. The fourth-order valence-electron chi connectivity index (χ4n) is 4.00. The molecule has 0 fully saturated rings. The predicted molar refractivity (Wildman–Crippen MR) is 128 cm³/mol. The van der Waals surface area contributed by atoms with E-state index in [-0.39, 0.29) is 16.8 Å². The van der Waals surface area contributed by atoms with Crippen LogP contribution in [0.15, 0.2) is 12.1 Å². The fraction of sp³-hybridized carbons (Fsp3) is 0.760. The van der Waals surface area contributed by atoms with E-state index < -0.39 is 17.0 Å². The summed E-state index contributed by atoms with van der Waals surface area (Å²) >= 11 is -1.16. The molecule has 0 aromatic carbocycles. The molecule has 31 heavy (non-hydrogen) atoms. The summed E-state index contributed by atoms with van der Waals surface area (Å²) < 4.78 is 21.5. The van der Waals surface area contributed by atoms with Crippen LogP contribution in [0.4, 0.5) is 0 Å². The highest BCUT2D eigenvalue weighted by Gasteiger charge is 2.31. The van der Waals surface area contributed by atoms with E-state index in [1.165, 1.54) is 5.56 Å². The van der Waals surface area contributed by atoms with Crippen LogP contribution in [0.25, 0.3) is 0 Å². The number of carbonyl (C=O) groups excluding carboxylic acids is 1. The van der Waals surface area contributed by atoms with Gasteiger partial charge in [-0.1, -0.05) is 18.9 Å². The smallest absolute Gasteiger partial charge is 0.306 e. The molecule has 6 heteroatoms. The monoisotopic (exact) mass is 450 g/mol. The summed E-state index contributed by atoms with van der Waals surface area (Å²) in [5.74, 6) is 0.359. The number of hydrogen-bond donors (Lipinski definition) is 1. The van der Waals surface area contributed by atoms with Crippen molar-refractivity contribution >= 4 is 17.3 Å². The lowest BCUT2D eigenvalue weighted by Gasteiger charge is -2.30. The van der Waals surface area contributed by atoms with Gasteiger partial charge in [0.2, 0.25) is 0 Å². The molecule has 2 rings (SSSR count). The molecule has 0 amide bonds. The Bertz CT molecular complexity index is 724. The number of aryl methyl sites for hydroxylation is 2. The Kier molecular flexibility index (Phi) is 9.41.